The zero-order valence-corrected chi connectivity index (χ0v) is 26.1. The number of nitrogens with zero attached hydrogens (tertiary/aromatic N) is 3. The lowest BCUT2D eigenvalue weighted by Gasteiger charge is -2.31. The molecule has 0 amide bonds. The quantitative estimate of drug-likeness (QED) is 0.209. The summed E-state index contributed by atoms with van der Waals surface area (Å²) < 4.78 is 2.57. The third-order valence-electron chi connectivity index (χ3n) is 11.5. The monoisotopic (exact) mass is 595 g/mol. The van der Waals surface area contributed by atoms with Gasteiger partial charge >= 0.3 is 0 Å². The van der Waals surface area contributed by atoms with E-state index in [0.717, 1.165) is 48.1 Å². The average Bonchev–Trinajstić information content (AvgIpc) is 3.82. The van der Waals surface area contributed by atoms with Crippen molar-refractivity contribution in [2.24, 2.45) is 0 Å². The van der Waals surface area contributed by atoms with Crippen LogP contribution < -0.4 is 10.6 Å². The summed E-state index contributed by atoms with van der Waals surface area (Å²) in [6, 6.07) is 29.0. The van der Waals surface area contributed by atoms with Crippen LogP contribution in [0.3, 0.4) is 0 Å². The topological polar surface area (TPSA) is 30.7 Å². The molecule has 1 saturated carbocycles. The van der Waals surface area contributed by atoms with E-state index in [-0.39, 0.29) is 11.3 Å². The van der Waals surface area contributed by atoms with Crippen LogP contribution in [-0.4, -0.2) is 14.5 Å². The number of hydrogen-bond donors (Lipinski definition) is 0. The second kappa shape index (κ2) is 10.1. The molecule has 1 fully saturated rings. The Balaban J connectivity index is 1.06. The van der Waals surface area contributed by atoms with Crippen LogP contribution in [0, 0.1) is 0 Å². The molecule has 10 rings (SSSR count). The van der Waals surface area contributed by atoms with Crippen molar-refractivity contribution in [3.05, 3.63) is 141 Å². The molecule has 0 N–H and O–H groups in total. The van der Waals surface area contributed by atoms with Gasteiger partial charge in [0.25, 0.3) is 0 Å². The number of hydrogen-bond acceptors (Lipinski definition) is 2. The van der Waals surface area contributed by atoms with Gasteiger partial charge in [0.05, 0.1) is 16.6 Å². The van der Waals surface area contributed by atoms with Gasteiger partial charge in [-0.2, -0.15) is 0 Å². The standard InChI is InChI=1S/C43H37N3/c1-2-12-28(13-3-1)41-33-16-5-8-18-38(33)44-42(45-41)29-20-22-30(23-21-29)46-39-19-9-6-15-32(39)35-26-37-34(27-40(35)46)31-14-4-7-17-36(31)43(37)24-10-11-25-43/h1-4,6-7,9,12-20,22-23,26,29,34H,5,8,10-11,21,24-25,27H2. The Labute approximate surface area is 270 Å². The first kappa shape index (κ1) is 26.5. The maximum atomic E-state index is 5.22. The second-order valence-electron chi connectivity index (χ2n) is 13.9. The minimum Gasteiger partial charge on any atom is -0.313 e. The van der Waals surface area contributed by atoms with Gasteiger partial charge in [-0.05, 0) is 61.8 Å². The van der Waals surface area contributed by atoms with Crippen LogP contribution >= 0.6 is 0 Å². The van der Waals surface area contributed by atoms with E-state index in [0.29, 0.717) is 5.92 Å². The van der Waals surface area contributed by atoms with Crippen molar-refractivity contribution in [1.29, 1.82) is 0 Å². The van der Waals surface area contributed by atoms with Gasteiger partial charge < -0.3 is 4.57 Å². The molecule has 46 heavy (non-hydrogen) atoms. The van der Waals surface area contributed by atoms with Crippen molar-refractivity contribution >= 4 is 34.8 Å². The Bertz CT molecular complexity index is 2270. The lowest BCUT2D eigenvalue weighted by atomic mass is 9.73. The highest BCUT2D eigenvalue weighted by molar-refractivity contribution is 5.96. The number of aromatic nitrogens is 3. The molecule has 0 saturated heterocycles. The molecule has 3 aromatic carbocycles. The van der Waals surface area contributed by atoms with E-state index in [1.807, 2.05) is 0 Å². The number of para-hydroxylation sites is 1. The molecule has 2 heterocycles. The molecule has 3 nitrogen and oxygen atoms in total. The molecule has 5 aromatic rings. The van der Waals surface area contributed by atoms with E-state index < -0.39 is 0 Å². The fraction of sp³-hybridized carbons (Fsp3) is 0.256. The maximum absolute atomic E-state index is 5.22. The van der Waals surface area contributed by atoms with Gasteiger partial charge in [-0.15, -0.1) is 0 Å². The van der Waals surface area contributed by atoms with Crippen molar-refractivity contribution in [3.63, 3.8) is 0 Å². The Hall–Kier alpha value is -4.76. The highest BCUT2D eigenvalue weighted by Gasteiger charge is 2.50. The van der Waals surface area contributed by atoms with Crippen molar-refractivity contribution in [3.8, 4) is 11.3 Å². The Kier molecular flexibility index (Phi) is 5.82. The van der Waals surface area contributed by atoms with E-state index in [2.05, 4.69) is 120 Å². The van der Waals surface area contributed by atoms with E-state index in [1.54, 1.807) is 16.7 Å². The third kappa shape index (κ3) is 3.78. The minimum atomic E-state index is 0.153. The van der Waals surface area contributed by atoms with Gasteiger partial charge in [-0.1, -0.05) is 122 Å². The summed E-state index contributed by atoms with van der Waals surface area (Å²) in [5, 5.41) is 3.65. The number of benzene rings is 3. The summed E-state index contributed by atoms with van der Waals surface area (Å²) in [5.41, 5.74) is 12.8. The van der Waals surface area contributed by atoms with Crippen molar-refractivity contribution < 1.29 is 0 Å². The Morgan fingerprint density at radius 1 is 0.783 bits per heavy atom. The normalized spacial score (nSPS) is 21.9. The molecule has 224 valence electrons. The minimum absolute atomic E-state index is 0.153. The Morgan fingerprint density at radius 3 is 2.46 bits per heavy atom. The summed E-state index contributed by atoms with van der Waals surface area (Å²) in [5.74, 6) is 1.55. The molecule has 1 spiro atoms. The summed E-state index contributed by atoms with van der Waals surface area (Å²) in [4.78, 5) is 10.4. The van der Waals surface area contributed by atoms with E-state index >= 15 is 0 Å². The summed E-state index contributed by atoms with van der Waals surface area (Å²) in [6.45, 7) is 0. The zero-order valence-electron chi connectivity index (χ0n) is 26.1. The molecule has 2 unspecified atom stereocenters. The van der Waals surface area contributed by atoms with E-state index in [1.165, 1.54) is 58.8 Å². The molecule has 3 heteroatoms. The number of fused-ring (bicyclic) bond motifs is 9. The third-order valence-corrected chi connectivity index (χ3v) is 11.5. The van der Waals surface area contributed by atoms with E-state index in [4.69, 9.17) is 9.97 Å². The van der Waals surface area contributed by atoms with Gasteiger partial charge in [0.15, 0.2) is 0 Å². The molecule has 5 aliphatic carbocycles. The number of allylic oxidation sites excluding steroid dienone is 5. The lowest BCUT2D eigenvalue weighted by Crippen LogP contribution is -2.35. The van der Waals surface area contributed by atoms with Crippen molar-refractivity contribution in [2.75, 3.05) is 0 Å². The van der Waals surface area contributed by atoms with Gasteiger partial charge in [0.1, 0.15) is 5.82 Å². The van der Waals surface area contributed by atoms with Crippen LogP contribution in [0.4, 0.5) is 0 Å². The van der Waals surface area contributed by atoms with Crippen LogP contribution in [0.25, 0.3) is 46.1 Å². The number of rotatable bonds is 3. The largest absolute Gasteiger partial charge is 0.313 e. The fourth-order valence-electron chi connectivity index (χ4n) is 9.47. The maximum Gasteiger partial charge on any atom is 0.136 e. The highest BCUT2D eigenvalue weighted by Crippen LogP contribution is 2.61. The van der Waals surface area contributed by atoms with E-state index in [9.17, 15) is 0 Å². The first-order valence-electron chi connectivity index (χ1n) is 17.2. The molecule has 5 aliphatic rings. The molecule has 0 aliphatic heterocycles. The van der Waals surface area contributed by atoms with Crippen LogP contribution in [0.5, 0.6) is 0 Å². The SMILES string of the molecule is C1=CC(c2nc(-c3ccccc3)c3c(n2)=CCCC=3)CC=C1n1c2c(c3ccccc31)C=C1C(C2)c2ccccc2C12CCCC2. The second-order valence-corrected chi connectivity index (χ2v) is 13.9. The first-order valence-corrected chi connectivity index (χ1v) is 17.2. The Morgan fingerprint density at radius 2 is 1.59 bits per heavy atom. The van der Waals surface area contributed by atoms with Crippen molar-refractivity contribution in [1.82, 2.24) is 14.5 Å². The summed E-state index contributed by atoms with van der Waals surface area (Å²) >= 11 is 0. The molecular formula is C43H37N3. The lowest BCUT2D eigenvalue weighted by molar-refractivity contribution is 0.521. The average molecular weight is 596 g/mol. The van der Waals surface area contributed by atoms with Gasteiger partial charge in [0, 0.05) is 50.4 Å². The highest BCUT2D eigenvalue weighted by atomic mass is 15.0. The molecule has 2 aromatic heterocycles. The first-order chi connectivity index (χ1) is 22.8. The fourth-order valence-corrected chi connectivity index (χ4v) is 9.47. The van der Waals surface area contributed by atoms with Gasteiger partial charge in [-0.3, -0.25) is 0 Å². The molecule has 0 bridgehead atoms. The van der Waals surface area contributed by atoms with Crippen molar-refractivity contribution in [2.45, 2.75) is 68.6 Å². The van der Waals surface area contributed by atoms with Gasteiger partial charge in [0.2, 0.25) is 0 Å². The molecule has 2 atom stereocenters. The van der Waals surface area contributed by atoms with Gasteiger partial charge in [-0.25, -0.2) is 9.97 Å². The summed E-state index contributed by atoms with van der Waals surface area (Å²) in [7, 11) is 0. The smallest absolute Gasteiger partial charge is 0.136 e. The predicted molar refractivity (Wildman–Crippen MR) is 189 cm³/mol. The summed E-state index contributed by atoms with van der Waals surface area (Å²) in [6.07, 6.45) is 23.6. The van der Waals surface area contributed by atoms with Crippen LogP contribution in [0.1, 0.15) is 85.0 Å². The van der Waals surface area contributed by atoms with Crippen LogP contribution in [-0.2, 0) is 11.8 Å². The zero-order chi connectivity index (χ0) is 30.2. The van der Waals surface area contributed by atoms with Crippen LogP contribution in [0.2, 0.25) is 0 Å². The molecular weight excluding hydrogens is 558 g/mol. The molecule has 0 radical (unpaired) electrons. The predicted octanol–water partition coefficient (Wildman–Crippen LogP) is 8.59. The van der Waals surface area contributed by atoms with Crippen LogP contribution in [0.15, 0.2) is 103 Å².